The molecule has 0 aromatic heterocycles. The molecule has 0 aromatic carbocycles. The average Bonchev–Trinajstić information content (AvgIpc) is 2.84. The van der Waals surface area contributed by atoms with Crippen LogP contribution in [0.15, 0.2) is 0 Å². The van der Waals surface area contributed by atoms with Crippen molar-refractivity contribution in [2.45, 2.75) is 76.8 Å². The predicted molar refractivity (Wildman–Crippen MR) is 85.0 cm³/mol. The van der Waals surface area contributed by atoms with Crippen molar-refractivity contribution in [3.05, 3.63) is 0 Å². The quantitative estimate of drug-likeness (QED) is 0.705. The lowest BCUT2D eigenvalue weighted by Gasteiger charge is -2.32. The van der Waals surface area contributed by atoms with Gasteiger partial charge in [0.05, 0.1) is 6.61 Å². The smallest absolute Gasteiger partial charge is 0.0558 e. The number of hydrogen-bond acceptors (Lipinski definition) is 3. The molecule has 1 aliphatic carbocycles. The Kier molecular flexibility index (Phi) is 7.32. The topological polar surface area (TPSA) is 35.5 Å². The number of aliphatic hydroxyl groups is 1. The summed E-state index contributed by atoms with van der Waals surface area (Å²) in [6, 6.07) is 1.38. The monoisotopic (exact) mass is 282 g/mol. The van der Waals surface area contributed by atoms with Crippen LogP contribution in [0, 0.1) is 5.92 Å². The largest absolute Gasteiger partial charge is 0.395 e. The van der Waals surface area contributed by atoms with E-state index in [0.717, 1.165) is 19.0 Å². The van der Waals surface area contributed by atoms with Crippen molar-refractivity contribution in [3.8, 4) is 0 Å². The molecule has 3 atom stereocenters. The van der Waals surface area contributed by atoms with Crippen molar-refractivity contribution in [1.29, 1.82) is 0 Å². The molecule has 1 saturated carbocycles. The second-order valence-electron chi connectivity index (χ2n) is 6.83. The lowest BCUT2D eigenvalue weighted by atomic mass is 9.95. The molecule has 3 nitrogen and oxygen atoms in total. The summed E-state index contributed by atoms with van der Waals surface area (Å²) in [6.07, 6.45) is 12.3. The van der Waals surface area contributed by atoms with Crippen LogP contribution >= 0.6 is 0 Å². The van der Waals surface area contributed by atoms with Gasteiger partial charge in [-0.3, -0.25) is 4.90 Å². The van der Waals surface area contributed by atoms with E-state index in [1.165, 1.54) is 64.3 Å². The fourth-order valence-corrected chi connectivity index (χ4v) is 4.17. The highest BCUT2D eigenvalue weighted by Crippen LogP contribution is 2.29. The second-order valence-corrected chi connectivity index (χ2v) is 6.83. The zero-order valence-electron chi connectivity index (χ0n) is 13.3. The lowest BCUT2D eigenvalue weighted by molar-refractivity contribution is 0.128. The van der Waals surface area contributed by atoms with Crippen LogP contribution in [0.3, 0.4) is 0 Å². The first-order valence-corrected chi connectivity index (χ1v) is 8.91. The van der Waals surface area contributed by atoms with E-state index in [2.05, 4.69) is 17.1 Å². The van der Waals surface area contributed by atoms with E-state index < -0.39 is 0 Å². The van der Waals surface area contributed by atoms with Gasteiger partial charge < -0.3 is 10.4 Å². The predicted octanol–water partition coefficient (Wildman–Crippen LogP) is 2.78. The van der Waals surface area contributed by atoms with Gasteiger partial charge in [-0.05, 0) is 44.6 Å². The van der Waals surface area contributed by atoms with Gasteiger partial charge in [0.2, 0.25) is 0 Å². The summed E-state index contributed by atoms with van der Waals surface area (Å²) in [5.74, 6) is 0.964. The standard InChI is InChI=1S/C17H34N2O/c1-2-5-15-6-3-8-17(10-9-15)19(12-13-20)14-16-7-4-11-18-16/h15-18,20H,2-14H2,1H3. The van der Waals surface area contributed by atoms with Gasteiger partial charge in [0.25, 0.3) is 0 Å². The zero-order chi connectivity index (χ0) is 14.2. The summed E-state index contributed by atoms with van der Waals surface area (Å²) in [6.45, 7) is 5.81. The maximum Gasteiger partial charge on any atom is 0.0558 e. The van der Waals surface area contributed by atoms with Crippen LogP contribution in [-0.2, 0) is 0 Å². The van der Waals surface area contributed by atoms with Crippen LogP contribution in [0.25, 0.3) is 0 Å². The minimum atomic E-state index is 0.307. The third-order valence-corrected chi connectivity index (χ3v) is 5.28. The van der Waals surface area contributed by atoms with Crippen LogP contribution in [-0.4, -0.2) is 48.3 Å². The van der Waals surface area contributed by atoms with Crippen molar-refractivity contribution in [3.63, 3.8) is 0 Å². The highest BCUT2D eigenvalue weighted by Gasteiger charge is 2.26. The Morgan fingerprint density at radius 2 is 2.00 bits per heavy atom. The first kappa shape index (κ1) is 16.3. The first-order chi connectivity index (χ1) is 9.83. The Balaban J connectivity index is 1.84. The van der Waals surface area contributed by atoms with Crippen molar-refractivity contribution in [2.24, 2.45) is 5.92 Å². The minimum absolute atomic E-state index is 0.307. The molecule has 0 aromatic rings. The maximum absolute atomic E-state index is 9.39. The normalized spacial score (nSPS) is 31.6. The Labute approximate surface area is 125 Å². The van der Waals surface area contributed by atoms with Crippen molar-refractivity contribution >= 4 is 0 Å². The molecule has 1 heterocycles. The number of hydrogen-bond donors (Lipinski definition) is 2. The summed E-state index contributed by atoms with van der Waals surface area (Å²) >= 11 is 0. The molecule has 2 fully saturated rings. The van der Waals surface area contributed by atoms with E-state index in [1.54, 1.807) is 0 Å². The molecule has 118 valence electrons. The number of nitrogens with zero attached hydrogens (tertiary/aromatic N) is 1. The molecule has 1 saturated heterocycles. The molecule has 3 unspecified atom stereocenters. The van der Waals surface area contributed by atoms with Gasteiger partial charge in [-0.1, -0.05) is 32.6 Å². The van der Waals surface area contributed by atoms with E-state index >= 15 is 0 Å². The second kappa shape index (κ2) is 9.01. The molecule has 3 heteroatoms. The zero-order valence-corrected chi connectivity index (χ0v) is 13.3. The van der Waals surface area contributed by atoms with Crippen molar-refractivity contribution in [2.75, 3.05) is 26.2 Å². The summed E-state index contributed by atoms with van der Waals surface area (Å²) in [5, 5.41) is 13.0. The fourth-order valence-electron chi connectivity index (χ4n) is 4.17. The molecular weight excluding hydrogens is 248 g/mol. The van der Waals surface area contributed by atoms with Gasteiger partial charge >= 0.3 is 0 Å². The third-order valence-electron chi connectivity index (χ3n) is 5.28. The molecule has 2 rings (SSSR count). The van der Waals surface area contributed by atoms with Crippen LogP contribution < -0.4 is 5.32 Å². The van der Waals surface area contributed by atoms with Crippen LogP contribution in [0.5, 0.6) is 0 Å². The van der Waals surface area contributed by atoms with E-state index in [-0.39, 0.29) is 0 Å². The molecular formula is C17H34N2O. The highest BCUT2D eigenvalue weighted by atomic mass is 16.3. The molecule has 2 N–H and O–H groups in total. The molecule has 0 bridgehead atoms. The van der Waals surface area contributed by atoms with Crippen LogP contribution in [0.1, 0.15) is 64.7 Å². The number of nitrogens with one attached hydrogen (secondary N) is 1. The van der Waals surface area contributed by atoms with Gasteiger partial charge in [0.1, 0.15) is 0 Å². The molecule has 0 spiro atoms. The van der Waals surface area contributed by atoms with Gasteiger partial charge in [-0.25, -0.2) is 0 Å². The summed E-state index contributed by atoms with van der Waals surface area (Å²) in [4.78, 5) is 2.58. The molecule has 0 radical (unpaired) electrons. The summed E-state index contributed by atoms with van der Waals surface area (Å²) in [7, 11) is 0. The SMILES string of the molecule is CCCC1CCCC(N(CCO)CC2CCCN2)CC1. The highest BCUT2D eigenvalue weighted by molar-refractivity contribution is 4.83. The van der Waals surface area contributed by atoms with Gasteiger partial charge in [-0.15, -0.1) is 0 Å². The van der Waals surface area contributed by atoms with E-state index in [9.17, 15) is 5.11 Å². The number of aliphatic hydroxyl groups excluding tert-OH is 1. The fraction of sp³-hybridized carbons (Fsp3) is 1.00. The van der Waals surface area contributed by atoms with Crippen molar-refractivity contribution in [1.82, 2.24) is 10.2 Å². The minimum Gasteiger partial charge on any atom is -0.395 e. The Morgan fingerprint density at radius 1 is 1.10 bits per heavy atom. The van der Waals surface area contributed by atoms with Crippen LogP contribution in [0.4, 0.5) is 0 Å². The van der Waals surface area contributed by atoms with Gasteiger partial charge in [-0.2, -0.15) is 0 Å². The maximum atomic E-state index is 9.39. The van der Waals surface area contributed by atoms with Crippen molar-refractivity contribution < 1.29 is 5.11 Å². The Hall–Kier alpha value is -0.120. The lowest BCUT2D eigenvalue weighted by Crippen LogP contribution is -2.44. The van der Waals surface area contributed by atoms with Gasteiger partial charge in [0.15, 0.2) is 0 Å². The Morgan fingerprint density at radius 3 is 2.70 bits per heavy atom. The van der Waals surface area contributed by atoms with E-state index in [0.29, 0.717) is 18.7 Å². The van der Waals surface area contributed by atoms with E-state index in [1.807, 2.05) is 0 Å². The third kappa shape index (κ3) is 5.01. The summed E-state index contributed by atoms with van der Waals surface area (Å²) in [5.41, 5.74) is 0. The first-order valence-electron chi connectivity index (χ1n) is 8.91. The molecule has 0 amide bonds. The van der Waals surface area contributed by atoms with Gasteiger partial charge in [0, 0.05) is 25.2 Å². The average molecular weight is 282 g/mol. The molecule has 20 heavy (non-hydrogen) atoms. The summed E-state index contributed by atoms with van der Waals surface area (Å²) < 4.78 is 0. The number of rotatable bonds is 7. The van der Waals surface area contributed by atoms with E-state index in [4.69, 9.17) is 0 Å². The molecule has 1 aliphatic heterocycles. The molecule has 2 aliphatic rings. The Bertz CT molecular complexity index is 253. The van der Waals surface area contributed by atoms with Crippen LogP contribution in [0.2, 0.25) is 0 Å².